The molecule has 0 N–H and O–H groups in total. The third-order valence-electron chi connectivity index (χ3n) is 2.47. The molecule has 0 saturated carbocycles. The summed E-state index contributed by atoms with van der Waals surface area (Å²) in [5.41, 5.74) is -0.549. The second kappa shape index (κ2) is 3.62. The fourth-order valence-electron chi connectivity index (χ4n) is 1.55. The standard InChI is InChI=1S/C12H13F2N/c1-7-5-8(2)11(14)9(10(7)13)12(3,4)6-15/h5H,1-4H3. The Labute approximate surface area is 88.3 Å². The molecule has 0 aromatic heterocycles. The van der Waals surface area contributed by atoms with E-state index in [0.29, 0.717) is 11.1 Å². The summed E-state index contributed by atoms with van der Waals surface area (Å²) >= 11 is 0. The largest absolute Gasteiger partial charge is 0.206 e. The quantitative estimate of drug-likeness (QED) is 0.695. The first kappa shape index (κ1) is 11.6. The lowest BCUT2D eigenvalue weighted by Gasteiger charge is -2.19. The van der Waals surface area contributed by atoms with Crippen LogP contribution in [0, 0.1) is 36.8 Å². The van der Waals surface area contributed by atoms with Crippen LogP contribution in [0.15, 0.2) is 6.07 Å². The van der Waals surface area contributed by atoms with E-state index in [-0.39, 0.29) is 5.56 Å². The summed E-state index contributed by atoms with van der Waals surface area (Å²) in [6.45, 7) is 6.15. The highest BCUT2D eigenvalue weighted by molar-refractivity contribution is 5.40. The number of hydrogen-bond acceptors (Lipinski definition) is 1. The minimum Gasteiger partial charge on any atom is -0.206 e. The number of nitriles is 1. The highest BCUT2D eigenvalue weighted by Crippen LogP contribution is 2.31. The second-order valence-electron chi connectivity index (χ2n) is 4.25. The summed E-state index contributed by atoms with van der Waals surface area (Å²) in [6, 6.07) is 3.36. The van der Waals surface area contributed by atoms with E-state index in [2.05, 4.69) is 0 Å². The van der Waals surface area contributed by atoms with Crippen molar-refractivity contribution >= 4 is 0 Å². The van der Waals surface area contributed by atoms with Gasteiger partial charge in [-0.1, -0.05) is 6.07 Å². The monoisotopic (exact) mass is 209 g/mol. The molecule has 1 aromatic carbocycles. The molecule has 80 valence electrons. The van der Waals surface area contributed by atoms with Crippen LogP contribution in [0.5, 0.6) is 0 Å². The molecule has 0 heterocycles. The van der Waals surface area contributed by atoms with E-state index in [1.807, 2.05) is 6.07 Å². The Morgan fingerprint density at radius 2 is 1.53 bits per heavy atom. The second-order valence-corrected chi connectivity index (χ2v) is 4.25. The van der Waals surface area contributed by atoms with E-state index < -0.39 is 17.0 Å². The first-order valence-corrected chi connectivity index (χ1v) is 4.68. The Hall–Kier alpha value is -1.43. The fourth-order valence-corrected chi connectivity index (χ4v) is 1.55. The van der Waals surface area contributed by atoms with E-state index in [0.717, 1.165) is 0 Å². The van der Waals surface area contributed by atoms with Crippen LogP contribution >= 0.6 is 0 Å². The number of benzene rings is 1. The lowest BCUT2D eigenvalue weighted by molar-refractivity contribution is 0.500. The molecule has 15 heavy (non-hydrogen) atoms. The average molecular weight is 209 g/mol. The normalized spacial score (nSPS) is 11.3. The van der Waals surface area contributed by atoms with Gasteiger partial charge in [-0.3, -0.25) is 0 Å². The van der Waals surface area contributed by atoms with Gasteiger partial charge in [-0.05, 0) is 38.8 Å². The van der Waals surface area contributed by atoms with E-state index in [1.165, 1.54) is 19.9 Å². The molecule has 1 nitrogen and oxygen atoms in total. The predicted molar refractivity (Wildman–Crippen MR) is 54.5 cm³/mol. The van der Waals surface area contributed by atoms with Crippen LogP contribution in [0.3, 0.4) is 0 Å². The molecule has 0 spiro atoms. The molecule has 1 rings (SSSR count). The van der Waals surface area contributed by atoms with Gasteiger partial charge >= 0.3 is 0 Å². The van der Waals surface area contributed by atoms with Crippen LogP contribution in [0.2, 0.25) is 0 Å². The van der Waals surface area contributed by atoms with Gasteiger partial charge in [0.1, 0.15) is 11.6 Å². The van der Waals surface area contributed by atoms with Crippen LogP contribution in [0.4, 0.5) is 8.78 Å². The lowest BCUT2D eigenvalue weighted by atomic mass is 9.83. The van der Waals surface area contributed by atoms with Crippen LogP contribution in [0.1, 0.15) is 30.5 Å². The Kier molecular flexibility index (Phi) is 2.81. The maximum atomic E-state index is 13.7. The minimum atomic E-state index is -1.15. The Bertz CT molecular complexity index is 416. The summed E-state index contributed by atoms with van der Waals surface area (Å²) in [6.07, 6.45) is 0. The zero-order chi connectivity index (χ0) is 11.8. The van der Waals surface area contributed by atoms with Gasteiger partial charge in [-0.2, -0.15) is 5.26 Å². The van der Waals surface area contributed by atoms with Crippen LogP contribution in [0.25, 0.3) is 0 Å². The van der Waals surface area contributed by atoms with Crippen molar-refractivity contribution in [2.24, 2.45) is 0 Å². The highest BCUT2D eigenvalue weighted by atomic mass is 19.1. The molecule has 0 fully saturated rings. The van der Waals surface area contributed by atoms with Crippen LogP contribution in [-0.2, 0) is 5.41 Å². The molecule has 1 aromatic rings. The Morgan fingerprint density at radius 1 is 1.13 bits per heavy atom. The topological polar surface area (TPSA) is 23.8 Å². The molecule has 0 radical (unpaired) electrons. The third kappa shape index (κ3) is 1.85. The van der Waals surface area contributed by atoms with Gasteiger partial charge in [0.05, 0.1) is 11.5 Å². The number of nitrogens with zero attached hydrogens (tertiary/aromatic N) is 1. The van der Waals surface area contributed by atoms with Crippen molar-refractivity contribution in [2.75, 3.05) is 0 Å². The number of rotatable bonds is 1. The molecule has 0 aliphatic rings. The number of hydrogen-bond donors (Lipinski definition) is 0. The average Bonchev–Trinajstić information content (AvgIpc) is 2.15. The summed E-state index contributed by atoms with van der Waals surface area (Å²) in [5, 5.41) is 8.89. The third-order valence-corrected chi connectivity index (χ3v) is 2.47. The molecule has 0 unspecified atom stereocenters. The van der Waals surface area contributed by atoms with Gasteiger partial charge in [0.15, 0.2) is 0 Å². The first-order chi connectivity index (χ1) is 6.81. The van der Waals surface area contributed by atoms with Crippen molar-refractivity contribution in [1.82, 2.24) is 0 Å². The molecule has 3 heteroatoms. The van der Waals surface area contributed by atoms with E-state index >= 15 is 0 Å². The van der Waals surface area contributed by atoms with E-state index in [9.17, 15) is 8.78 Å². The molecular formula is C12H13F2N. The number of aryl methyl sites for hydroxylation is 2. The van der Waals surface area contributed by atoms with Crippen molar-refractivity contribution in [3.63, 3.8) is 0 Å². The van der Waals surface area contributed by atoms with Crippen LogP contribution in [-0.4, -0.2) is 0 Å². The minimum absolute atomic E-state index is 0.137. The van der Waals surface area contributed by atoms with Gasteiger partial charge < -0.3 is 0 Å². The van der Waals surface area contributed by atoms with Crippen molar-refractivity contribution in [1.29, 1.82) is 5.26 Å². The van der Waals surface area contributed by atoms with Gasteiger partial charge in [-0.25, -0.2) is 8.78 Å². The van der Waals surface area contributed by atoms with Crippen molar-refractivity contribution in [3.05, 3.63) is 34.4 Å². The smallest absolute Gasteiger partial charge is 0.133 e. The van der Waals surface area contributed by atoms with Crippen molar-refractivity contribution in [2.45, 2.75) is 33.1 Å². The van der Waals surface area contributed by atoms with Crippen molar-refractivity contribution in [3.8, 4) is 6.07 Å². The molecule has 0 saturated heterocycles. The van der Waals surface area contributed by atoms with Crippen LogP contribution < -0.4 is 0 Å². The van der Waals surface area contributed by atoms with E-state index in [1.54, 1.807) is 13.8 Å². The van der Waals surface area contributed by atoms with Gasteiger partial charge in [0.25, 0.3) is 0 Å². The zero-order valence-electron chi connectivity index (χ0n) is 9.28. The van der Waals surface area contributed by atoms with Gasteiger partial charge in [0.2, 0.25) is 0 Å². The fraction of sp³-hybridized carbons (Fsp3) is 0.417. The Balaban J connectivity index is 3.62. The first-order valence-electron chi connectivity index (χ1n) is 4.68. The molecule has 0 aliphatic heterocycles. The molecule has 0 aliphatic carbocycles. The summed E-state index contributed by atoms with van der Waals surface area (Å²) < 4.78 is 27.5. The molecule has 0 atom stereocenters. The zero-order valence-corrected chi connectivity index (χ0v) is 9.28. The maximum Gasteiger partial charge on any atom is 0.133 e. The molecule has 0 amide bonds. The lowest BCUT2D eigenvalue weighted by Crippen LogP contribution is -2.20. The number of halogens is 2. The molecule has 0 bridgehead atoms. The molecular weight excluding hydrogens is 196 g/mol. The maximum absolute atomic E-state index is 13.7. The summed E-state index contributed by atoms with van der Waals surface area (Å²) in [4.78, 5) is 0. The highest BCUT2D eigenvalue weighted by Gasteiger charge is 2.29. The van der Waals surface area contributed by atoms with Gasteiger partial charge in [0, 0.05) is 5.56 Å². The Morgan fingerprint density at radius 3 is 1.87 bits per heavy atom. The van der Waals surface area contributed by atoms with E-state index in [4.69, 9.17) is 5.26 Å². The summed E-state index contributed by atoms with van der Waals surface area (Å²) in [7, 11) is 0. The van der Waals surface area contributed by atoms with Crippen molar-refractivity contribution < 1.29 is 8.78 Å². The predicted octanol–water partition coefficient (Wildman–Crippen LogP) is 3.38. The SMILES string of the molecule is Cc1cc(C)c(F)c(C(C)(C)C#N)c1F. The summed E-state index contributed by atoms with van der Waals surface area (Å²) in [5.74, 6) is -1.24. The van der Waals surface area contributed by atoms with Gasteiger partial charge in [-0.15, -0.1) is 0 Å².